The zero-order chi connectivity index (χ0) is 22.5. The maximum absolute atomic E-state index is 12.3. The SMILES string of the molecule is COc1ccc(C2=NN(Cc3cccc(NC(=O)c4ccno4)c3)C(=O)OC2)cc1OC. The van der Waals surface area contributed by atoms with Crippen LogP contribution in [-0.4, -0.2) is 48.7 Å². The Labute approximate surface area is 183 Å². The van der Waals surface area contributed by atoms with Crippen molar-refractivity contribution in [2.45, 2.75) is 6.54 Å². The summed E-state index contributed by atoms with van der Waals surface area (Å²) in [7, 11) is 3.10. The largest absolute Gasteiger partial charge is 0.493 e. The molecule has 32 heavy (non-hydrogen) atoms. The lowest BCUT2D eigenvalue weighted by Gasteiger charge is -2.24. The van der Waals surface area contributed by atoms with Crippen LogP contribution in [0.15, 0.2) is 64.4 Å². The first-order valence-electron chi connectivity index (χ1n) is 9.62. The maximum Gasteiger partial charge on any atom is 0.431 e. The number of carbonyl (C=O) groups excluding carboxylic acids is 2. The van der Waals surface area contributed by atoms with Crippen LogP contribution in [0, 0.1) is 0 Å². The molecule has 0 saturated carbocycles. The Balaban J connectivity index is 1.52. The van der Waals surface area contributed by atoms with Crippen molar-refractivity contribution in [3.05, 3.63) is 71.6 Å². The summed E-state index contributed by atoms with van der Waals surface area (Å²) >= 11 is 0. The highest BCUT2D eigenvalue weighted by Crippen LogP contribution is 2.28. The maximum atomic E-state index is 12.3. The van der Waals surface area contributed by atoms with Crippen molar-refractivity contribution >= 4 is 23.4 Å². The molecule has 2 aromatic carbocycles. The number of anilines is 1. The van der Waals surface area contributed by atoms with E-state index in [-0.39, 0.29) is 18.9 Å². The Hall–Kier alpha value is -4.34. The van der Waals surface area contributed by atoms with Crippen LogP contribution in [0.25, 0.3) is 0 Å². The fourth-order valence-corrected chi connectivity index (χ4v) is 3.12. The van der Waals surface area contributed by atoms with E-state index < -0.39 is 12.0 Å². The minimum absolute atomic E-state index is 0.0398. The molecule has 1 aromatic heterocycles. The predicted molar refractivity (Wildman–Crippen MR) is 114 cm³/mol. The molecule has 0 aliphatic carbocycles. The lowest BCUT2D eigenvalue weighted by Crippen LogP contribution is -2.35. The van der Waals surface area contributed by atoms with Crippen LogP contribution in [0.4, 0.5) is 10.5 Å². The minimum Gasteiger partial charge on any atom is -0.493 e. The first kappa shape index (κ1) is 20.9. The Kier molecular flexibility index (Phi) is 6.02. The highest BCUT2D eigenvalue weighted by Gasteiger charge is 2.24. The first-order valence-corrected chi connectivity index (χ1v) is 9.62. The summed E-state index contributed by atoms with van der Waals surface area (Å²) in [6.07, 6.45) is 0.826. The van der Waals surface area contributed by atoms with Gasteiger partial charge in [0.05, 0.1) is 27.0 Å². The van der Waals surface area contributed by atoms with Crippen molar-refractivity contribution < 1.29 is 28.3 Å². The molecule has 0 unspecified atom stereocenters. The van der Waals surface area contributed by atoms with E-state index in [4.69, 9.17) is 18.7 Å². The normalized spacial score (nSPS) is 13.2. The van der Waals surface area contributed by atoms with Crippen LogP contribution in [0.3, 0.4) is 0 Å². The summed E-state index contributed by atoms with van der Waals surface area (Å²) in [5.74, 6) is 0.807. The summed E-state index contributed by atoms with van der Waals surface area (Å²) in [5.41, 5.74) is 2.60. The van der Waals surface area contributed by atoms with Gasteiger partial charge in [0.25, 0.3) is 5.91 Å². The highest BCUT2D eigenvalue weighted by molar-refractivity contribution is 6.04. The van der Waals surface area contributed by atoms with Gasteiger partial charge in [0.1, 0.15) is 12.3 Å². The van der Waals surface area contributed by atoms with Gasteiger partial charge in [-0.05, 0) is 35.9 Å². The van der Waals surface area contributed by atoms with Gasteiger partial charge in [0.15, 0.2) is 11.5 Å². The third-order valence-corrected chi connectivity index (χ3v) is 4.68. The highest BCUT2D eigenvalue weighted by atomic mass is 16.6. The van der Waals surface area contributed by atoms with Crippen LogP contribution in [0.5, 0.6) is 11.5 Å². The van der Waals surface area contributed by atoms with Gasteiger partial charge in [-0.1, -0.05) is 17.3 Å². The molecule has 2 amide bonds. The van der Waals surface area contributed by atoms with E-state index in [9.17, 15) is 9.59 Å². The molecule has 3 aromatic rings. The molecule has 0 atom stereocenters. The lowest BCUT2D eigenvalue weighted by atomic mass is 10.1. The average molecular weight is 436 g/mol. The van der Waals surface area contributed by atoms with Gasteiger partial charge >= 0.3 is 6.09 Å². The molecule has 0 saturated heterocycles. The van der Waals surface area contributed by atoms with Crippen LogP contribution < -0.4 is 14.8 Å². The number of hydrogen-bond acceptors (Lipinski definition) is 8. The van der Waals surface area contributed by atoms with Gasteiger partial charge in [-0.3, -0.25) is 4.79 Å². The van der Waals surface area contributed by atoms with E-state index in [1.165, 1.54) is 17.3 Å². The molecular weight excluding hydrogens is 416 g/mol. The topological polar surface area (TPSA) is 115 Å². The summed E-state index contributed by atoms with van der Waals surface area (Å²) in [5, 5.41) is 11.9. The standard InChI is InChI=1S/C22H20N4O6/c1-29-18-7-6-15(11-20(18)30-2)17-13-31-22(28)26(25-17)12-14-4-3-5-16(10-14)24-21(27)19-8-9-23-32-19/h3-11H,12-13H2,1-2H3,(H,24,27). The first-order chi connectivity index (χ1) is 15.6. The Morgan fingerprint density at radius 2 is 1.97 bits per heavy atom. The molecule has 10 heteroatoms. The van der Waals surface area contributed by atoms with Crippen LogP contribution in [-0.2, 0) is 11.3 Å². The van der Waals surface area contributed by atoms with Crippen LogP contribution in [0.2, 0.25) is 0 Å². The summed E-state index contributed by atoms with van der Waals surface area (Å²) < 4.78 is 20.7. The van der Waals surface area contributed by atoms with Crippen LogP contribution in [0.1, 0.15) is 21.7 Å². The van der Waals surface area contributed by atoms with E-state index in [2.05, 4.69) is 15.6 Å². The number of methoxy groups -OCH3 is 2. The van der Waals surface area contributed by atoms with Gasteiger partial charge in [-0.2, -0.15) is 10.1 Å². The van der Waals surface area contributed by atoms with Crippen molar-refractivity contribution in [1.29, 1.82) is 0 Å². The number of benzene rings is 2. The molecule has 0 radical (unpaired) electrons. The molecular formula is C22H20N4O6. The van der Waals surface area contributed by atoms with E-state index in [1.807, 2.05) is 12.1 Å². The van der Waals surface area contributed by atoms with Crippen molar-refractivity contribution in [3.8, 4) is 11.5 Å². The number of hydrazone groups is 1. The van der Waals surface area contributed by atoms with Crippen molar-refractivity contribution in [2.75, 3.05) is 26.1 Å². The molecule has 1 aliphatic heterocycles. The Morgan fingerprint density at radius 3 is 2.72 bits per heavy atom. The third-order valence-electron chi connectivity index (χ3n) is 4.68. The van der Waals surface area contributed by atoms with Gasteiger partial charge in [0.2, 0.25) is 5.76 Å². The molecule has 0 fully saturated rings. The fourth-order valence-electron chi connectivity index (χ4n) is 3.12. The van der Waals surface area contributed by atoms with Gasteiger partial charge in [-0.25, -0.2) is 4.79 Å². The number of hydrogen-bond donors (Lipinski definition) is 1. The fraction of sp³-hybridized carbons (Fsp3) is 0.182. The Morgan fingerprint density at radius 1 is 1.12 bits per heavy atom. The van der Waals surface area contributed by atoms with Gasteiger partial charge in [-0.15, -0.1) is 0 Å². The number of cyclic esters (lactones) is 1. The zero-order valence-corrected chi connectivity index (χ0v) is 17.4. The number of amides is 2. The molecule has 4 rings (SSSR count). The summed E-state index contributed by atoms with van der Waals surface area (Å²) in [4.78, 5) is 24.4. The molecule has 164 valence electrons. The van der Waals surface area contributed by atoms with E-state index in [0.29, 0.717) is 22.9 Å². The van der Waals surface area contributed by atoms with Crippen molar-refractivity contribution in [1.82, 2.24) is 10.2 Å². The third kappa shape index (κ3) is 4.53. The smallest absolute Gasteiger partial charge is 0.431 e. The molecule has 0 spiro atoms. The molecule has 0 bridgehead atoms. The number of rotatable bonds is 7. The van der Waals surface area contributed by atoms with E-state index in [0.717, 1.165) is 11.1 Å². The second-order valence-electron chi connectivity index (χ2n) is 6.76. The predicted octanol–water partition coefficient (Wildman–Crippen LogP) is 3.30. The quantitative estimate of drug-likeness (QED) is 0.604. The van der Waals surface area contributed by atoms with Gasteiger partial charge < -0.3 is 24.1 Å². The molecule has 1 N–H and O–H groups in total. The summed E-state index contributed by atoms with van der Waals surface area (Å²) in [6.45, 7) is 0.194. The van der Waals surface area contributed by atoms with E-state index >= 15 is 0 Å². The number of nitrogens with zero attached hydrogens (tertiary/aromatic N) is 3. The minimum atomic E-state index is -0.565. The monoisotopic (exact) mass is 436 g/mol. The molecule has 10 nitrogen and oxygen atoms in total. The lowest BCUT2D eigenvalue weighted by molar-refractivity contribution is 0.0986. The van der Waals surface area contributed by atoms with Gasteiger partial charge in [0, 0.05) is 17.3 Å². The molecule has 1 aliphatic rings. The second kappa shape index (κ2) is 9.21. The van der Waals surface area contributed by atoms with Crippen molar-refractivity contribution in [3.63, 3.8) is 0 Å². The molecule has 2 heterocycles. The Bertz CT molecular complexity index is 1160. The average Bonchev–Trinajstić information content (AvgIpc) is 3.35. The summed E-state index contributed by atoms with van der Waals surface area (Å²) in [6, 6.07) is 13.9. The number of aromatic nitrogens is 1. The zero-order valence-electron chi connectivity index (χ0n) is 17.4. The van der Waals surface area contributed by atoms with Crippen molar-refractivity contribution in [2.24, 2.45) is 5.10 Å². The number of carbonyl (C=O) groups is 2. The number of ether oxygens (including phenoxy) is 3. The van der Waals surface area contributed by atoms with Crippen LogP contribution >= 0.6 is 0 Å². The van der Waals surface area contributed by atoms with E-state index in [1.54, 1.807) is 44.6 Å². The number of nitrogens with one attached hydrogen (secondary N) is 1. The second-order valence-corrected chi connectivity index (χ2v) is 6.76.